The van der Waals surface area contributed by atoms with Crippen LogP contribution in [0.2, 0.25) is 0 Å². The molecule has 182 valence electrons. The number of hydrogen-bond acceptors (Lipinski definition) is 5. The number of halogens is 1. The highest BCUT2D eigenvalue weighted by atomic mass is 79.9. The standard InChI is InChI=1S/C27H22BrN3O4S/c28-21-13-12-19(25(16-21)35-22-5-3-4-20(14-22)27(29)30)15-24(32)18-10-8-17(9-11-18)23-6-1-2-7-26(23)36(31,33)34/h1-14,16H,15H2,(H3,29,30)(H2,31,33,34). The Morgan fingerprint density at radius 3 is 2.31 bits per heavy atom. The molecule has 0 fully saturated rings. The third-order valence-corrected chi connectivity index (χ3v) is 6.93. The van der Waals surface area contributed by atoms with Crippen LogP contribution in [0.25, 0.3) is 11.1 Å². The van der Waals surface area contributed by atoms with Gasteiger partial charge in [0.05, 0.1) is 4.90 Å². The van der Waals surface area contributed by atoms with Crippen molar-refractivity contribution in [1.82, 2.24) is 0 Å². The number of Topliss-reactive ketones (excluding diaryl/α,β-unsaturated/α-hetero) is 1. The van der Waals surface area contributed by atoms with E-state index in [1.165, 1.54) is 6.07 Å². The Morgan fingerprint density at radius 2 is 1.61 bits per heavy atom. The molecule has 0 aromatic heterocycles. The van der Waals surface area contributed by atoms with Gasteiger partial charge in [0, 0.05) is 33.1 Å². The number of ketones is 1. The van der Waals surface area contributed by atoms with Crippen molar-refractivity contribution in [1.29, 1.82) is 5.41 Å². The molecule has 0 atom stereocenters. The fraction of sp³-hybridized carbons (Fsp3) is 0.0370. The molecule has 7 nitrogen and oxygen atoms in total. The maximum absolute atomic E-state index is 13.1. The number of primary sulfonamides is 1. The Bertz CT molecular complexity index is 1570. The lowest BCUT2D eigenvalue weighted by Gasteiger charge is -2.13. The number of carbonyl (C=O) groups excluding carboxylic acids is 1. The molecular weight excluding hydrogens is 542 g/mol. The van der Waals surface area contributed by atoms with Gasteiger partial charge in [-0.15, -0.1) is 0 Å². The molecule has 0 radical (unpaired) electrons. The Morgan fingerprint density at radius 1 is 0.889 bits per heavy atom. The van der Waals surface area contributed by atoms with Gasteiger partial charge in [-0.3, -0.25) is 10.2 Å². The average Bonchev–Trinajstić information content (AvgIpc) is 2.85. The van der Waals surface area contributed by atoms with Gasteiger partial charge in [-0.05, 0) is 35.9 Å². The van der Waals surface area contributed by atoms with Crippen LogP contribution in [0.1, 0.15) is 21.5 Å². The molecule has 0 saturated heterocycles. The summed E-state index contributed by atoms with van der Waals surface area (Å²) in [6.45, 7) is 0. The molecule has 36 heavy (non-hydrogen) atoms. The lowest BCUT2D eigenvalue weighted by Crippen LogP contribution is -2.13. The molecule has 4 aromatic rings. The minimum atomic E-state index is -3.89. The summed E-state index contributed by atoms with van der Waals surface area (Å²) in [6.07, 6.45) is 0.0854. The van der Waals surface area contributed by atoms with Crippen LogP contribution in [-0.4, -0.2) is 20.0 Å². The Kier molecular flexibility index (Phi) is 7.35. The number of nitrogen functional groups attached to an aromatic ring is 1. The largest absolute Gasteiger partial charge is 0.457 e. The number of nitrogens with two attached hydrogens (primary N) is 2. The molecule has 0 heterocycles. The van der Waals surface area contributed by atoms with E-state index in [1.54, 1.807) is 72.8 Å². The van der Waals surface area contributed by atoms with Crippen LogP contribution in [0.5, 0.6) is 11.5 Å². The number of ether oxygens (including phenoxy) is 1. The van der Waals surface area contributed by atoms with E-state index >= 15 is 0 Å². The molecule has 0 bridgehead atoms. The molecular formula is C27H22BrN3O4S. The first-order valence-corrected chi connectivity index (χ1v) is 13.1. The first kappa shape index (κ1) is 25.3. The maximum atomic E-state index is 13.1. The number of carbonyl (C=O) groups is 1. The fourth-order valence-electron chi connectivity index (χ4n) is 3.69. The number of nitrogens with one attached hydrogen (secondary N) is 1. The second kappa shape index (κ2) is 10.4. The Hall–Kier alpha value is -3.79. The van der Waals surface area contributed by atoms with Crippen molar-refractivity contribution < 1.29 is 17.9 Å². The molecule has 0 saturated carbocycles. The minimum absolute atomic E-state index is 0.0228. The van der Waals surface area contributed by atoms with Crippen LogP contribution < -0.4 is 15.6 Å². The number of rotatable bonds is 8. The zero-order valence-corrected chi connectivity index (χ0v) is 21.3. The van der Waals surface area contributed by atoms with Crippen LogP contribution in [0.4, 0.5) is 0 Å². The van der Waals surface area contributed by atoms with E-state index in [9.17, 15) is 13.2 Å². The van der Waals surface area contributed by atoms with Gasteiger partial charge in [0.25, 0.3) is 0 Å². The second-order valence-corrected chi connectivity index (χ2v) is 10.5. The number of benzene rings is 4. The summed E-state index contributed by atoms with van der Waals surface area (Å²) in [6, 6.07) is 25.4. The van der Waals surface area contributed by atoms with Crippen molar-refractivity contribution in [3.63, 3.8) is 0 Å². The topological polar surface area (TPSA) is 136 Å². The number of hydrogen-bond donors (Lipinski definition) is 3. The van der Waals surface area contributed by atoms with Gasteiger partial charge in [-0.25, -0.2) is 13.6 Å². The molecule has 0 aliphatic carbocycles. The van der Waals surface area contributed by atoms with Gasteiger partial charge in [-0.2, -0.15) is 0 Å². The molecule has 4 aromatic carbocycles. The van der Waals surface area contributed by atoms with Crippen molar-refractivity contribution in [2.24, 2.45) is 10.9 Å². The SMILES string of the molecule is N=C(N)c1cccc(Oc2cc(Br)ccc2CC(=O)c2ccc(-c3ccccc3S(N)(=O)=O)cc2)c1. The van der Waals surface area contributed by atoms with E-state index in [0.29, 0.717) is 39.3 Å². The molecule has 0 spiro atoms. The predicted octanol–water partition coefficient (Wildman–Crippen LogP) is 5.27. The fourth-order valence-corrected chi connectivity index (χ4v) is 4.79. The molecule has 0 aliphatic heterocycles. The second-order valence-electron chi connectivity index (χ2n) is 8.01. The first-order chi connectivity index (χ1) is 17.1. The summed E-state index contributed by atoms with van der Waals surface area (Å²) in [7, 11) is -3.89. The summed E-state index contributed by atoms with van der Waals surface area (Å²) in [5.74, 6) is 0.788. The Balaban J connectivity index is 1.58. The van der Waals surface area contributed by atoms with Gasteiger partial charge in [0.1, 0.15) is 17.3 Å². The molecule has 5 N–H and O–H groups in total. The van der Waals surface area contributed by atoms with Crippen LogP contribution in [0.15, 0.2) is 100 Å². The van der Waals surface area contributed by atoms with Crippen molar-refractivity contribution in [3.05, 3.63) is 112 Å². The lowest BCUT2D eigenvalue weighted by atomic mass is 9.99. The van der Waals surface area contributed by atoms with Crippen LogP contribution in [0.3, 0.4) is 0 Å². The van der Waals surface area contributed by atoms with Crippen LogP contribution in [-0.2, 0) is 16.4 Å². The van der Waals surface area contributed by atoms with E-state index in [2.05, 4.69) is 15.9 Å². The number of sulfonamides is 1. The first-order valence-electron chi connectivity index (χ1n) is 10.8. The van der Waals surface area contributed by atoms with Gasteiger partial charge < -0.3 is 10.5 Å². The summed E-state index contributed by atoms with van der Waals surface area (Å²) in [4.78, 5) is 13.1. The maximum Gasteiger partial charge on any atom is 0.238 e. The lowest BCUT2D eigenvalue weighted by molar-refractivity contribution is 0.0992. The summed E-state index contributed by atoms with van der Waals surface area (Å²) in [5.41, 5.74) is 8.36. The summed E-state index contributed by atoms with van der Waals surface area (Å²) < 4.78 is 30.7. The van der Waals surface area contributed by atoms with E-state index in [-0.39, 0.29) is 22.9 Å². The summed E-state index contributed by atoms with van der Waals surface area (Å²) in [5, 5.41) is 13.0. The van der Waals surface area contributed by atoms with E-state index < -0.39 is 10.0 Å². The van der Waals surface area contributed by atoms with E-state index in [4.69, 9.17) is 21.0 Å². The molecule has 9 heteroatoms. The highest BCUT2D eigenvalue weighted by Crippen LogP contribution is 2.31. The monoisotopic (exact) mass is 563 g/mol. The zero-order valence-electron chi connectivity index (χ0n) is 18.9. The van der Waals surface area contributed by atoms with Crippen LogP contribution >= 0.6 is 15.9 Å². The highest BCUT2D eigenvalue weighted by Gasteiger charge is 2.16. The van der Waals surface area contributed by atoms with Gasteiger partial charge in [0.2, 0.25) is 10.0 Å². The van der Waals surface area contributed by atoms with Gasteiger partial charge in [0.15, 0.2) is 5.78 Å². The minimum Gasteiger partial charge on any atom is -0.457 e. The quantitative estimate of drug-likeness (QED) is 0.152. The van der Waals surface area contributed by atoms with Crippen molar-refractivity contribution >= 4 is 37.6 Å². The molecule has 0 amide bonds. The van der Waals surface area contributed by atoms with Crippen molar-refractivity contribution in [2.45, 2.75) is 11.3 Å². The normalized spacial score (nSPS) is 11.2. The Labute approximate surface area is 217 Å². The van der Waals surface area contributed by atoms with Crippen molar-refractivity contribution in [2.75, 3.05) is 0 Å². The third-order valence-electron chi connectivity index (χ3n) is 5.46. The molecule has 4 rings (SSSR count). The van der Waals surface area contributed by atoms with E-state index in [0.717, 1.165) is 4.47 Å². The van der Waals surface area contributed by atoms with Crippen LogP contribution in [0, 0.1) is 5.41 Å². The zero-order chi connectivity index (χ0) is 25.9. The molecule has 0 unspecified atom stereocenters. The smallest absolute Gasteiger partial charge is 0.238 e. The highest BCUT2D eigenvalue weighted by molar-refractivity contribution is 9.10. The predicted molar refractivity (Wildman–Crippen MR) is 143 cm³/mol. The van der Waals surface area contributed by atoms with E-state index in [1.807, 2.05) is 12.1 Å². The molecule has 0 aliphatic rings. The third kappa shape index (κ3) is 5.88. The number of amidine groups is 1. The summed E-state index contributed by atoms with van der Waals surface area (Å²) >= 11 is 3.44. The average molecular weight is 564 g/mol. The van der Waals surface area contributed by atoms with Gasteiger partial charge >= 0.3 is 0 Å². The van der Waals surface area contributed by atoms with Crippen molar-refractivity contribution in [3.8, 4) is 22.6 Å². The van der Waals surface area contributed by atoms with Gasteiger partial charge in [-0.1, -0.05) is 76.6 Å².